The quantitative estimate of drug-likeness (QED) is 0.487. The Morgan fingerprint density at radius 1 is 1.38 bits per heavy atom. The Bertz CT molecular complexity index is 156. The van der Waals surface area contributed by atoms with E-state index in [1.54, 1.807) is 24.7 Å². The highest BCUT2D eigenvalue weighted by Gasteiger charge is 1.81. The standard InChI is InChI=1S/C6H6OS/c8-6-2-1-4-7-5-3-6/h1-5,8H. The fourth-order valence-electron chi connectivity index (χ4n) is 0.393. The molecule has 0 saturated carbocycles. The number of rotatable bonds is 0. The molecule has 0 N–H and O–H groups in total. The molecule has 42 valence electrons. The lowest BCUT2D eigenvalue weighted by atomic mass is 10.5. The Labute approximate surface area is 53.8 Å². The van der Waals surface area contributed by atoms with E-state index in [0.29, 0.717) is 0 Å². The Balaban J connectivity index is 2.73. The molecule has 0 unspecified atom stereocenters. The Morgan fingerprint density at radius 3 is 3.12 bits per heavy atom. The summed E-state index contributed by atoms with van der Waals surface area (Å²) in [7, 11) is 0. The van der Waals surface area contributed by atoms with Gasteiger partial charge < -0.3 is 4.74 Å². The van der Waals surface area contributed by atoms with Gasteiger partial charge in [0.25, 0.3) is 0 Å². The second-order valence-electron chi connectivity index (χ2n) is 1.36. The van der Waals surface area contributed by atoms with Crippen LogP contribution in [0.5, 0.6) is 0 Å². The van der Waals surface area contributed by atoms with Gasteiger partial charge >= 0.3 is 0 Å². The Hall–Kier alpha value is -0.630. The van der Waals surface area contributed by atoms with Crippen LogP contribution in [0.3, 0.4) is 0 Å². The first-order valence-corrected chi connectivity index (χ1v) is 2.72. The topological polar surface area (TPSA) is 9.23 Å². The molecule has 0 aromatic rings. The molecule has 0 bridgehead atoms. The first-order valence-electron chi connectivity index (χ1n) is 2.27. The number of hydrogen-bond donors (Lipinski definition) is 1. The van der Waals surface area contributed by atoms with Gasteiger partial charge in [-0.15, -0.1) is 12.6 Å². The largest absolute Gasteiger partial charge is 0.473 e. The van der Waals surface area contributed by atoms with Crippen molar-refractivity contribution in [3.8, 4) is 0 Å². The van der Waals surface area contributed by atoms with Crippen molar-refractivity contribution in [3.05, 3.63) is 35.7 Å². The third-order valence-electron chi connectivity index (χ3n) is 0.741. The molecule has 0 aromatic carbocycles. The molecule has 0 saturated heterocycles. The summed E-state index contributed by atoms with van der Waals surface area (Å²) in [5.74, 6) is 0. The highest BCUT2D eigenvalue weighted by atomic mass is 32.1. The summed E-state index contributed by atoms with van der Waals surface area (Å²) in [6.45, 7) is 0. The van der Waals surface area contributed by atoms with Gasteiger partial charge in [0.1, 0.15) is 0 Å². The van der Waals surface area contributed by atoms with Crippen LogP contribution in [-0.2, 0) is 4.74 Å². The van der Waals surface area contributed by atoms with Crippen molar-refractivity contribution in [2.24, 2.45) is 0 Å². The molecule has 2 heteroatoms. The summed E-state index contributed by atoms with van der Waals surface area (Å²) < 4.78 is 4.80. The van der Waals surface area contributed by atoms with Gasteiger partial charge in [-0.2, -0.15) is 0 Å². The fraction of sp³-hybridized carbons (Fsp3) is 0. The van der Waals surface area contributed by atoms with Gasteiger partial charge in [-0.25, -0.2) is 0 Å². The monoisotopic (exact) mass is 126 g/mol. The molecule has 0 atom stereocenters. The minimum atomic E-state index is 0.902. The lowest BCUT2D eigenvalue weighted by molar-refractivity contribution is 0.404. The second-order valence-corrected chi connectivity index (χ2v) is 1.88. The predicted octanol–water partition coefficient (Wildman–Crippen LogP) is 1.86. The van der Waals surface area contributed by atoms with E-state index >= 15 is 0 Å². The van der Waals surface area contributed by atoms with Crippen LogP contribution >= 0.6 is 12.6 Å². The molecule has 1 aliphatic heterocycles. The molecule has 0 aromatic heterocycles. The van der Waals surface area contributed by atoms with Crippen molar-refractivity contribution in [2.75, 3.05) is 0 Å². The summed E-state index contributed by atoms with van der Waals surface area (Å²) in [5.41, 5.74) is 0. The van der Waals surface area contributed by atoms with E-state index in [-0.39, 0.29) is 0 Å². The summed E-state index contributed by atoms with van der Waals surface area (Å²) in [5, 5.41) is 0. The third-order valence-corrected chi connectivity index (χ3v) is 1.04. The van der Waals surface area contributed by atoms with Crippen LogP contribution in [0.4, 0.5) is 0 Å². The first-order chi connectivity index (χ1) is 3.89. The lowest BCUT2D eigenvalue weighted by Gasteiger charge is -1.81. The van der Waals surface area contributed by atoms with Crippen molar-refractivity contribution >= 4 is 12.6 Å². The molecular formula is C6H6OS. The summed E-state index contributed by atoms with van der Waals surface area (Å²) in [4.78, 5) is 0.902. The highest BCUT2D eigenvalue weighted by molar-refractivity contribution is 7.84. The van der Waals surface area contributed by atoms with Crippen LogP contribution in [-0.4, -0.2) is 0 Å². The van der Waals surface area contributed by atoms with Crippen molar-refractivity contribution < 1.29 is 4.74 Å². The van der Waals surface area contributed by atoms with Gasteiger partial charge in [-0.1, -0.05) is 0 Å². The van der Waals surface area contributed by atoms with Crippen molar-refractivity contribution in [2.45, 2.75) is 0 Å². The molecule has 1 nitrogen and oxygen atoms in total. The third kappa shape index (κ3) is 1.46. The Morgan fingerprint density at radius 2 is 2.25 bits per heavy atom. The van der Waals surface area contributed by atoms with Crippen molar-refractivity contribution in [1.29, 1.82) is 0 Å². The zero-order valence-corrected chi connectivity index (χ0v) is 5.14. The smallest absolute Gasteiger partial charge is 0.0912 e. The maximum atomic E-state index is 4.80. The van der Waals surface area contributed by atoms with Crippen LogP contribution < -0.4 is 0 Å². The molecule has 0 spiro atoms. The van der Waals surface area contributed by atoms with Crippen LogP contribution in [0.1, 0.15) is 0 Å². The maximum Gasteiger partial charge on any atom is 0.0912 e. The number of allylic oxidation sites excluding steroid dienone is 3. The molecule has 0 radical (unpaired) electrons. The maximum absolute atomic E-state index is 4.80. The highest BCUT2D eigenvalue weighted by Crippen LogP contribution is 2.04. The van der Waals surface area contributed by atoms with E-state index in [9.17, 15) is 0 Å². The van der Waals surface area contributed by atoms with Crippen molar-refractivity contribution in [1.82, 2.24) is 0 Å². The van der Waals surface area contributed by atoms with E-state index in [1.807, 2.05) is 6.08 Å². The molecule has 8 heavy (non-hydrogen) atoms. The van der Waals surface area contributed by atoms with E-state index < -0.39 is 0 Å². The zero-order chi connectivity index (χ0) is 5.82. The Kier molecular flexibility index (Phi) is 1.80. The van der Waals surface area contributed by atoms with Gasteiger partial charge in [0.2, 0.25) is 0 Å². The predicted molar refractivity (Wildman–Crippen MR) is 36.4 cm³/mol. The molecule has 1 rings (SSSR count). The zero-order valence-electron chi connectivity index (χ0n) is 4.24. The van der Waals surface area contributed by atoms with Gasteiger partial charge in [-0.05, 0) is 18.2 Å². The van der Waals surface area contributed by atoms with E-state index in [4.69, 9.17) is 4.74 Å². The molecular weight excluding hydrogens is 120 g/mol. The SMILES string of the molecule is SC1=CC=COC=C1. The number of ether oxygens (including phenoxy) is 1. The summed E-state index contributed by atoms with van der Waals surface area (Å²) >= 11 is 4.07. The summed E-state index contributed by atoms with van der Waals surface area (Å²) in [6.07, 6.45) is 8.61. The van der Waals surface area contributed by atoms with Crippen LogP contribution in [0.15, 0.2) is 35.7 Å². The average molecular weight is 126 g/mol. The van der Waals surface area contributed by atoms with E-state index in [2.05, 4.69) is 12.6 Å². The molecule has 0 amide bonds. The fourth-order valence-corrected chi connectivity index (χ4v) is 0.540. The second kappa shape index (κ2) is 2.62. The average Bonchev–Trinajstić information content (AvgIpc) is 1.94. The first kappa shape index (κ1) is 5.51. The van der Waals surface area contributed by atoms with Gasteiger partial charge in [-0.3, -0.25) is 0 Å². The molecule has 0 fully saturated rings. The van der Waals surface area contributed by atoms with E-state index in [1.165, 1.54) is 0 Å². The number of hydrogen-bond acceptors (Lipinski definition) is 2. The normalized spacial score (nSPS) is 16.9. The van der Waals surface area contributed by atoms with Crippen LogP contribution in [0.2, 0.25) is 0 Å². The lowest BCUT2D eigenvalue weighted by Crippen LogP contribution is -1.58. The van der Waals surface area contributed by atoms with Crippen LogP contribution in [0, 0.1) is 0 Å². The summed E-state index contributed by atoms with van der Waals surface area (Å²) in [6, 6.07) is 0. The van der Waals surface area contributed by atoms with Crippen LogP contribution in [0.25, 0.3) is 0 Å². The minimum absolute atomic E-state index is 0.902. The van der Waals surface area contributed by atoms with Gasteiger partial charge in [0, 0.05) is 4.91 Å². The molecule has 1 aliphatic rings. The molecule has 0 aliphatic carbocycles. The van der Waals surface area contributed by atoms with E-state index in [0.717, 1.165) is 4.91 Å². The van der Waals surface area contributed by atoms with Gasteiger partial charge in [0.05, 0.1) is 12.5 Å². The number of thiol groups is 1. The molecule has 1 heterocycles. The van der Waals surface area contributed by atoms with Crippen molar-refractivity contribution in [3.63, 3.8) is 0 Å². The van der Waals surface area contributed by atoms with Gasteiger partial charge in [0.15, 0.2) is 0 Å². The minimum Gasteiger partial charge on any atom is -0.473 e.